The summed E-state index contributed by atoms with van der Waals surface area (Å²) in [5.74, 6) is -1.19. The van der Waals surface area contributed by atoms with Crippen molar-refractivity contribution in [3.05, 3.63) is 91.0 Å². The summed E-state index contributed by atoms with van der Waals surface area (Å²) < 4.78 is 0. The van der Waals surface area contributed by atoms with E-state index in [0.717, 1.165) is 16.7 Å². The molecule has 4 aromatic carbocycles. The molecule has 0 saturated carbocycles. The standard InChI is InChI=1S/C24H18O3/c25-22-20(17-12-6-2-7-13-17)19(16-10-4-1-5-11-16)21(23(26)24(22)27)18-14-8-3-9-15-18/h1-15,25-27H. The minimum absolute atomic E-state index is 0.336. The van der Waals surface area contributed by atoms with Crippen molar-refractivity contribution in [1.29, 1.82) is 0 Å². The molecule has 0 aliphatic carbocycles. The lowest BCUT2D eigenvalue weighted by Crippen LogP contribution is -1.93. The second kappa shape index (κ2) is 6.89. The molecular weight excluding hydrogens is 336 g/mol. The Bertz CT molecular complexity index is 1010. The average molecular weight is 354 g/mol. The number of aromatic hydroxyl groups is 3. The van der Waals surface area contributed by atoms with Crippen molar-refractivity contribution in [2.45, 2.75) is 0 Å². The molecule has 0 unspecified atom stereocenters. The minimum atomic E-state index is -0.521. The van der Waals surface area contributed by atoms with Crippen molar-refractivity contribution in [2.75, 3.05) is 0 Å². The van der Waals surface area contributed by atoms with Gasteiger partial charge in [-0.2, -0.15) is 0 Å². The van der Waals surface area contributed by atoms with Crippen LogP contribution < -0.4 is 0 Å². The van der Waals surface area contributed by atoms with Gasteiger partial charge in [0.2, 0.25) is 5.75 Å². The number of phenolic OH excluding ortho intramolecular Hbond substituents is 3. The molecule has 0 bridgehead atoms. The van der Waals surface area contributed by atoms with E-state index in [2.05, 4.69) is 0 Å². The van der Waals surface area contributed by atoms with Gasteiger partial charge in [-0.1, -0.05) is 91.0 Å². The van der Waals surface area contributed by atoms with Gasteiger partial charge < -0.3 is 15.3 Å². The van der Waals surface area contributed by atoms with Crippen molar-refractivity contribution >= 4 is 0 Å². The first-order chi connectivity index (χ1) is 13.2. The zero-order valence-corrected chi connectivity index (χ0v) is 14.5. The largest absolute Gasteiger partial charge is 0.504 e. The summed E-state index contributed by atoms with van der Waals surface area (Å²) in [6.45, 7) is 0. The van der Waals surface area contributed by atoms with E-state index in [9.17, 15) is 15.3 Å². The molecule has 0 radical (unpaired) electrons. The summed E-state index contributed by atoms with van der Waals surface area (Å²) >= 11 is 0. The maximum Gasteiger partial charge on any atom is 0.201 e. The van der Waals surface area contributed by atoms with Crippen LogP contribution in [0.25, 0.3) is 33.4 Å². The number of phenols is 3. The van der Waals surface area contributed by atoms with Crippen molar-refractivity contribution in [2.24, 2.45) is 0 Å². The Hall–Kier alpha value is -3.72. The monoisotopic (exact) mass is 354 g/mol. The quantitative estimate of drug-likeness (QED) is 0.407. The zero-order chi connectivity index (χ0) is 18.8. The SMILES string of the molecule is Oc1c(O)c(-c2ccccc2)c(-c2ccccc2)c(-c2ccccc2)c1O. The Kier molecular flexibility index (Phi) is 4.27. The molecular formula is C24H18O3. The molecule has 3 heteroatoms. The fourth-order valence-corrected chi connectivity index (χ4v) is 3.38. The zero-order valence-electron chi connectivity index (χ0n) is 14.5. The van der Waals surface area contributed by atoms with Gasteiger partial charge in [0.15, 0.2) is 11.5 Å². The van der Waals surface area contributed by atoms with Crippen LogP contribution in [0.15, 0.2) is 91.0 Å². The van der Waals surface area contributed by atoms with Gasteiger partial charge in [-0.15, -0.1) is 0 Å². The Morgan fingerprint density at radius 3 is 0.963 bits per heavy atom. The lowest BCUT2D eigenvalue weighted by molar-refractivity contribution is 0.370. The van der Waals surface area contributed by atoms with Gasteiger partial charge in [-0.05, 0) is 16.7 Å². The van der Waals surface area contributed by atoms with E-state index in [1.165, 1.54) is 0 Å². The van der Waals surface area contributed by atoms with Crippen molar-refractivity contribution in [1.82, 2.24) is 0 Å². The molecule has 0 heterocycles. The van der Waals surface area contributed by atoms with Crippen molar-refractivity contribution in [3.63, 3.8) is 0 Å². The van der Waals surface area contributed by atoms with E-state index in [-0.39, 0.29) is 11.5 Å². The van der Waals surface area contributed by atoms with E-state index in [1.54, 1.807) is 0 Å². The molecule has 0 atom stereocenters. The molecule has 0 spiro atoms. The summed E-state index contributed by atoms with van der Waals surface area (Å²) in [4.78, 5) is 0. The predicted octanol–water partition coefficient (Wildman–Crippen LogP) is 5.80. The molecule has 4 aromatic rings. The molecule has 3 nitrogen and oxygen atoms in total. The molecule has 27 heavy (non-hydrogen) atoms. The molecule has 0 fully saturated rings. The van der Waals surface area contributed by atoms with Gasteiger partial charge in [0, 0.05) is 16.7 Å². The lowest BCUT2D eigenvalue weighted by atomic mass is 9.86. The van der Waals surface area contributed by atoms with Gasteiger partial charge in [0.25, 0.3) is 0 Å². The first kappa shape index (κ1) is 16.7. The van der Waals surface area contributed by atoms with Gasteiger partial charge in [-0.3, -0.25) is 0 Å². The summed E-state index contributed by atoms with van der Waals surface area (Å²) in [5.41, 5.74) is 3.97. The van der Waals surface area contributed by atoms with E-state index in [0.29, 0.717) is 16.7 Å². The summed E-state index contributed by atoms with van der Waals surface area (Å²) in [5, 5.41) is 31.9. The topological polar surface area (TPSA) is 60.7 Å². The molecule has 0 amide bonds. The minimum Gasteiger partial charge on any atom is -0.504 e. The highest BCUT2D eigenvalue weighted by Gasteiger charge is 2.26. The third-order valence-electron chi connectivity index (χ3n) is 4.61. The van der Waals surface area contributed by atoms with Crippen LogP contribution in [-0.2, 0) is 0 Å². The molecule has 0 saturated heterocycles. The molecule has 4 rings (SSSR count). The second-order valence-corrected chi connectivity index (χ2v) is 6.27. The highest BCUT2D eigenvalue weighted by molar-refractivity contribution is 6.01. The van der Waals surface area contributed by atoms with Crippen LogP contribution in [0.5, 0.6) is 17.2 Å². The highest BCUT2D eigenvalue weighted by atomic mass is 16.3. The van der Waals surface area contributed by atoms with Crippen molar-refractivity contribution < 1.29 is 15.3 Å². The number of benzene rings is 4. The van der Waals surface area contributed by atoms with Crippen LogP contribution in [0, 0.1) is 0 Å². The van der Waals surface area contributed by atoms with Crippen LogP contribution in [0.3, 0.4) is 0 Å². The maximum atomic E-state index is 10.7. The lowest BCUT2D eigenvalue weighted by Gasteiger charge is -2.20. The number of hydrogen-bond donors (Lipinski definition) is 3. The highest BCUT2D eigenvalue weighted by Crippen LogP contribution is 2.54. The maximum absolute atomic E-state index is 10.7. The van der Waals surface area contributed by atoms with E-state index < -0.39 is 5.75 Å². The number of hydrogen-bond acceptors (Lipinski definition) is 3. The van der Waals surface area contributed by atoms with Gasteiger partial charge in [0.05, 0.1) is 0 Å². The second-order valence-electron chi connectivity index (χ2n) is 6.27. The van der Waals surface area contributed by atoms with Crippen LogP contribution in [-0.4, -0.2) is 15.3 Å². The summed E-state index contributed by atoms with van der Waals surface area (Å²) in [6.07, 6.45) is 0. The normalized spacial score (nSPS) is 10.7. The Morgan fingerprint density at radius 2 is 0.630 bits per heavy atom. The third-order valence-corrected chi connectivity index (χ3v) is 4.61. The van der Waals surface area contributed by atoms with Crippen LogP contribution in [0.1, 0.15) is 0 Å². The molecule has 0 aromatic heterocycles. The van der Waals surface area contributed by atoms with Gasteiger partial charge in [0.1, 0.15) is 0 Å². The van der Waals surface area contributed by atoms with Gasteiger partial charge >= 0.3 is 0 Å². The third kappa shape index (κ3) is 2.89. The Morgan fingerprint density at radius 1 is 0.333 bits per heavy atom. The predicted molar refractivity (Wildman–Crippen MR) is 108 cm³/mol. The van der Waals surface area contributed by atoms with E-state index in [1.807, 2.05) is 91.0 Å². The van der Waals surface area contributed by atoms with Crippen LogP contribution in [0.4, 0.5) is 0 Å². The summed E-state index contributed by atoms with van der Waals surface area (Å²) in [6, 6.07) is 28.3. The first-order valence-corrected chi connectivity index (χ1v) is 8.65. The molecule has 3 N–H and O–H groups in total. The average Bonchev–Trinajstić information content (AvgIpc) is 2.73. The molecule has 0 aliphatic rings. The Balaban J connectivity index is 2.18. The van der Waals surface area contributed by atoms with Crippen molar-refractivity contribution in [3.8, 4) is 50.6 Å². The smallest absolute Gasteiger partial charge is 0.201 e. The Labute approximate surface area is 157 Å². The van der Waals surface area contributed by atoms with E-state index in [4.69, 9.17) is 0 Å². The fourth-order valence-electron chi connectivity index (χ4n) is 3.38. The molecule has 0 aliphatic heterocycles. The fraction of sp³-hybridized carbons (Fsp3) is 0. The summed E-state index contributed by atoms with van der Waals surface area (Å²) in [7, 11) is 0. The number of rotatable bonds is 3. The first-order valence-electron chi connectivity index (χ1n) is 8.65. The van der Waals surface area contributed by atoms with Crippen LogP contribution in [0.2, 0.25) is 0 Å². The van der Waals surface area contributed by atoms with Gasteiger partial charge in [-0.25, -0.2) is 0 Å². The van der Waals surface area contributed by atoms with E-state index >= 15 is 0 Å². The van der Waals surface area contributed by atoms with Crippen LogP contribution >= 0.6 is 0 Å². The molecule has 132 valence electrons.